The predicted octanol–water partition coefficient (Wildman–Crippen LogP) is 5.02. The first kappa shape index (κ1) is 32.5. The Morgan fingerprint density at radius 2 is 1.00 bits per heavy atom. The van der Waals surface area contributed by atoms with Gasteiger partial charge in [-0.2, -0.15) is 0 Å². The molecule has 0 unspecified atom stereocenters. The molecule has 0 aliphatic carbocycles. The average molecular weight is 528 g/mol. The summed E-state index contributed by atoms with van der Waals surface area (Å²) < 4.78 is 17.0. The molecule has 0 saturated heterocycles. The monoisotopic (exact) mass is 526 g/mol. The van der Waals surface area contributed by atoms with Gasteiger partial charge in [-0.1, -0.05) is 26.7 Å². The Labute approximate surface area is 222 Å². The van der Waals surface area contributed by atoms with Gasteiger partial charge in [0.2, 0.25) is 0 Å². The molecule has 0 aliphatic rings. The molecule has 0 atom stereocenters. The summed E-state index contributed by atoms with van der Waals surface area (Å²) >= 11 is 0. The van der Waals surface area contributed by atoms with Crippen LogP contribution >= 0.6 is 24.8 Å². The molecule has 0 fully saturated rings. The summed E-state index contributed by atoms with van der Waals surface area (Å²) in [5.74, 6) is 2.68. The Morgan fingerprint density at radius 1 is 0.629 bits per heavy atom. The molecule has 2 aromatic carbocycles. The van der Waals surface area contributed by atoms with Crippen LogP contribution in [0.2, 0.25) is 0 Å². The fourth-order valence-corrected chi connectivity index (χ4v) is 2.88. The Morgan fingerprint density at radius 3 is 1.34 bits per heavy atom. The molecule has 7 nitrogen and oxygen atoms in total. The molecule has 2 rings (SSSR count). The van der Waals surface area contributed by atoms with Crippen LogP contribution in [-0.4, -0.2) is 51.2 Å². The summed E-state index contributed by atoms with van der Waals surface area (Å²) in [7, 11) is 0. The van der Waals surface area contributed by atoms with Crippen LogP contribution in [0.4, 0.5) is 0 Å². The van der Waals surface area contributed by atoms with Crippen molar-refractivity contribution < 1.29 is 14.2 Å². The average Bonchev–Trinajstić information content (AvgIpc) is 2.84. The number of aliphatic imine (C=N–C) groups is 2. The van der Waals surface area contributed by atoms with E-state index in [1.54, 1.807) is 0 Å². The standard InChI is InChI=1S/C26H38N4O3.2ClH/c1-3-5-15-29-25(27)21-7-11-23(12-8-21)32-19-17-31-18-20-33-24-13-9-22(10-14-24)26(28)30-16-6-4-2;;/h7-14H,3-6,15-20H2,1-2H3,(H2,27,29)(H2,28,30);2*1H. The topological polar surface area (TPSA) is 104 Å². The highest BCUT2D eigenvalue weighted by Gasteiger charge is 2.01. The van der Waals surface area contributed by atoms with Crippen molar-refractivity contribution in [2.24, 2.45) is 21.5 Å². The van der Waals surface area contributed by atoms with Gasteiger partial charge in [0.05, 0.1) is 13.2 Å². The number of ether oxygens (including phenoxy) is 3. The highest BCUT2D eigenvalue weighted by Crippen LogP contribution is 2.13. The van der Waals surface area contributed by atoms with Crippen LogP contribution in [0.1, 0.15) is 50.7 Å². The predicted molar refractivity (Wildman–Crippen MR) is 150 cm³/mol. The van der Waals surface area contributed by atoms with Gasteiger partial charge in [-0.25, -0.2) is 0 Å². The number of hydrogen-bond donors (Lipinski definition) is 2. The SMILES string of the molecule is CCCCN=C(N)c1ccc(OCCOCCOc2ccc(C(N)=NCCCC)cc2)cc1.Cl.Cl. The van der Waals surface area contributed by atoms with Crippen LogP contribution in [0.3, 0.4) is 0 Å². The summed E-state index contributed by atoms with van der Waals surface area (Å²) in [5, 5.41) is 0. The lowest BCUT2D eigenvalue weighted by molar-refractivity contribution is 0.0764. The van der Waals surface area contributed by atoms with Crippen LogP contribution in [-0.2, 0) is 4.74 Å². The molecule has 0 bridgehead atoms. The zero-order valence-corrected chi connectivity index (χ0v) is 22.4. The number of nitrogens with zero attached hydrogens (tertiary/aromatic N) is 2. The smallest absolute Gasteiger partial charge is 0.125 e. The number of hydrogen-bond acceptors (Lipinski definition) is 5. The zero-order chi connectivity index (χ0) is 23.7. The Bertz CT molecular complexity index is 788. The van der Waals surface area contributed by atoms with E-state index in [4.69, 9.17) is 25.7 Å². The normalized spacial score (nSPS) is 11.4. The zero-order valence-electron chi connectivity index (χ0n) is 20.8. The summed E-state index contributed by atoms with van der Waals surface area (Å²) in [4.78, 5) is 8.75. The van der Waals surface area contributed by atoms with E-state index in [1.165, 1.54) is 0 Å². The van der Waals surface area contributed by atoms with E-state index in [0.29, 0.717) is 38.1 Å². The van der Waals surface area contributed by atoms with Crippen LogP contribution < -0.4 is 20.9 Å². The van der Waals surface area contributed by atoms with Crippen LogP contribution in [0.25, 0.3) is 0 Å². The van der Waals surface area contributed by atoms with E-state index in [0.717, 1.165) is 61.4 Å². The summed E-state index contributed by atoms with van der Waals surface area (Å²) in [6, 6.07) is 15.3. The minimum absolute atomic E-state index is 0. The molecule has 0 heterocycles. The number of unbranched alkanes of at least 4 members (excludes halogenated alkanes) is 2. The lowest BCUT2D eigenvalue weighted by Crippen LogP contribution is -2.14. The number of benzene rings is 2. The Balaban J connectivity index is 0.00000578. The van der Waals surface area contributed by atoms with Crippen molar-refractivity contribution in [2.45, 2.75) is 39.5 Å². The molecule has 0 aliphatic heterocycles. The van der Waals surface area contributed by atoms with Crippen molar-refractivity contribution in [3.63, 3.8) is 0 Å². The molecule has 35 heavy (non-hydrogen) atoms. The van der Waals surface area contributed by atoms with Crippen LogP contribution in [0.5, 0.6) is 11.5 Å². The highest BCUT2D eigenvalue weighted by atomic mass is 35.5. The van der Waals surface area contributed by atoms with E-state index in [9.17, 15) is 0 Å². The van der Waals surface area contributed by atoms with Crippen LogP contribution in [0.15, 0.2) is 58.5 Å². The largest absolute Gasteiger partial charge is 0.491 e. The van der Waals surface area contributed by atoms with Gasteiger partial charge < -0.3 is 25.7 Å². The second-order valence-electron chi connectivity index (χ2n) is 7.60. The van der Waals surface area contributed by atoms with E-state index in [2.05, 4.69) is 23.8 Å². The molecular weight excluding hydrogens is 487 g/mol. The maximum atomic E-state index is 6.01. The van der Waals surface area contributed by atoms with Gasteiger partial charge in [0.25, 0.3) is 0 Å². The highest BCUT2D eigenvalue weighted by molar-refractivity contribution is 5.98. The fraction of sp³-hybridized carbons (Fsp3) is 0.462. The van der Waals surface area contributed by atoms with Crippen molar-refractivity contribution in [3.8, 4) is 11.5 Å². The van der Waals surface area contributed by atoms with E-state index in [-0.39, 0.29) is 24.8 Å². The first-order chi connectivity index (χ1) is 16.1. The Kier molecular flexibility index (Phi) is 18.4. The third-order valence-electron chi connectivity index (χ3n) is 4.88. The van der Waals surface area contributed by atoms with Gasteiger partial charge >= 0.3 is 0 Å². The molecule has 0 amide bonds. The van der Waals surface area contributed by atoms with E-state index in [1.807, 2.05) is 48.5 Å². The molecule has 0 saturated carbocycles. The van der Waals surface area contributed by atoms with E-state index >= 15 is 0 Å². The quantitative estimate of drug-likeness (QED) is 0.181. The summed E-state index contributed by atoms with van der Waals surface area (Å²) in [5.41, 5.74) is 13.8. The van der Waals surface area contributed by atoms with Crippen molar-refractivity contribution in [3.05, 3.63) is 59.7 Å². The van der Waals surface area contributed by atoms with Crippen molar-refractivity contribution in [1.82, 2.24) is 0 Å². The number of amidine groups is 2. The van der Waals surface area contributed by atoms with Gasteiger partial charge in [-0.3, -0.25) is 9.98 Å². The van der Waals surface area contributed by atoms with Crippen molar-refractivity contribution in [1.29, 1.82) is 0 Å². The van der Waals surface area contributed by atoms with Gasteiger partial charge in [-0.15, -0.1) is 24.8 Å². The first-order valence-electron chi connectivity index (χ1n) is 11.8. The third-order valence-corrected chi connectivity index (χ3v) is 4.88. The van der Waals surface area contributed by atoms with Crippen LogP contribution in [0, 0.1) is 0 Å². The Hall–Kier alpha value is -2.48. The lowest BCUT2D eigenvalue weighted by atomic mass is 10.2. The van der Waals surface area contributed by atoms with Gasteiger partial charge in [-0.05, 0) is 61.4 Å². The van der Waals surface area contributed by atoms with Gasteiger partial charge in [0.1, 0.15) is 36.4 Å². The van der Waals surface area contributed by atoms with Gasteiger partial charge in [0.15, 0.2) is 0 Å². The molecule has 9 heteroatoms. The summed E-state index contributed by atoms with van der Waals surface area (Å²) in [6.45, 7) is 7.68. The molecule has 196 valence electrons. The maximum absolute atomic E-state index is 6.01. The second-order valence-corrected chi connectivity index (χ2v) is 7.60. The second kappa shape index (κ2) is 19.8. The first-order valence-corrected chi connectivity index (χ1v) is 11.8. The maximum Gasteiger partial charge on any atom is 0.125 e. The minimum Gasteiger partial charge on any atom is -0.491 e. The van der Waals surface area contributed by atoms with Crippen molar-refractivity contribution >= 4 is 36.5 Å². The molecule has 0 spiro atoms. The minimum atomic E-state index is 0. The molecule has 2 aromatic rings. The van der Waals surface area contributed by atoms with Gasteiger partial charge in [0, 0.05) is 24.2 Å². The molecule has 4 N–H and O–H groups in total. The molecule has 0 radical (unpaired) electrons. The number of halogens is 2. The fourth-order valence-electron chi connectivity index (χ4n) is 2.88. The summed E-state index contributed by atoms with van der Waals surface area (Å²) in [6.07, 6.45) is 4.30. The molecule has 0 aromatic heterocycles. The number of rotatable bonds is 16. The van der Waals surface area contributed by atoms with E-state index < -0.39 is 0 Å². The number of nitrogens with two attached hydrogens (primary N) is 2. The molecular formula is C26H40Cl2N4O3. The lowest BCUT2D eigenvalue weighted by Gasteiger charge is -2.09. The van der Waals surface area contributed by atoms with Crippen molar-refractivity contribution in [2.75, 3.05) is 39.5 Å². The third kappa shape index (κ3) is 13.3.